The van der Waals surface area contributed by atoms with E-state index in [1.54, 1.807) is 0 Å². The van der Waals surface area contributed by atoms with Gasteiger partial charge in [-0.1, -0.05) is 12.1 Å². The molecule has 0 aliphatic carbocycles. The van der Waals surface area contributed by atoms with Crippen LogP contribution < -0.4 is 10.6 Å². The number of rotatable bonds is 6. The van der Waals surface area contributed by atoms with Crippen molar-refractivity contribution in [1.82, 2.24) is 15.2 Å². The maximum atomic E-state index is 13.1. The molecule has 1 aromatic heterocycles. The number of carbonyl (C=O) groups excluding carboxylic acids is 2. The number of halogens is 3. The van der Waals surface area contributed by atoms with Crippen molar-refractivity contribution in [3.63, 3.8) is 0 Å². The number of benzene rings is 1. The average Bonchev–Trinajstić information content (AvgIpc) is 3.16. The number of anilines is 1. The zero-order chi connectivity index (χ0) is 20.9. The van der Waals surface area contributed by atoms with E-state index in [0.29, 0.717) is 26.3 Å². The number of ether oxygens (including phenoxy) is 1. The molecule has 3 rings (SSSR count). The highest BCUT2D eigenvalue weighted by atomic mass is 32.1. The molecule has 156 valence electrons. The number of hydrogen-bond donors (Lipinski definition) is 2. The van der Waals surface area contributed by atoms with Gasteiger partial charge in [0.2, 0.25) is 0 Å². The normalized spacial score (nSPS) is 15.1. The SMILES string of the molecule is O=C(NCCN1CCOCC1)c1csc(NC(=O)c2ccccc2C(F)(F)F)n1. The summed E-state index contributed by atoms with van der Waals surface area (Å²) in [5, 5.41) is 6.54. The molecule has 2 heterocycles. The van der Waals surface area contributed by atoms with Gasteiger partial charge in [-0.25, -0.2) is 4.98 Å². The third kappa shape index (κ3) is 5.75. The van der Waals surface area contributed by atoms with Crippen LogP contribution in [-0.4, -0.2) is 61.1 Å². The molecule has 2 N–H and O–H groups in total. The maximum absolute atomic E-state index is 13.1. The van der Waals surface area contributed by atoms with E-state index in [9.17, 15) is 22.8 Å². The number of hydrogen-bond acceptors (Lipinski definition) is 6. The van der Waals surface area contributed by atoms with Crippen molar-refractivity contribution in [2.75, 3.05) is 44.7 Å². The molecule has 2 amide bonds. The van der Waals surface area contributed by atoms with Crippen LogP contribution in [0.2, 0.25) is 0 Å². The van der Waals surface area contributed by atoms with Gasteiger partial charge in [-0.15, -0.1) is 11.3 Å². The fourth-order valence-corrected chi connectivity index (χ4v) is 3.46. The van der Waals surface area contributed by atoms with E-state index < -0.39 is 29.1 Å². The van der Waals surface area contributed by atoms with E-state index in [-0.39, 0.29) is 10.8 Å². The topological polar surface area (TPSA) is 83.6 Å². The van der Waals surface area contributed by atoms with Gasteiger partial charge in [-0.3, -0.25) is 19.8 Å². The lowest BCUT2D eigenvalue weighted by Crippen LogP contribution is -2.41. The zero-order valence-corrected chi connectivity index (χ0v) is 16.1. The van der Waals surface area contributed by atoms with Gasteiger partial charge in [0.05, 0.1) is 24.3 Å². The second-order valence-electron chi connectivity index (χ2n) is 6.25. The Bertz CT molecular complexity index is 866. The number of aromatic nitrogens is 1. The molecule has 1 saturated heterocycles. The summed E-state index contributed by atoms with van der Waals surface area (Å²) in [5.74, 6) is -1.35. The van der Waals surface area contributed by atoms with Gasteiger partial charge in [0.25, 0.3) is 11.8 Å². The number of carbonyl (C=O) groups is 2. The molecule has 7 nitrogen and oxygen atoms in total. The predicted molar refractivity (Wildman–Crippen MR) is 101 cm³/mol. The second kappa shape index (κ2) is 9.33. The summed E-state index contributed by atoms with van der Waals surface area (Å²) in [5.41, 5.74) is -1.45. The molecule has 1 aromatic carbocycles. The van der Waals surface area contributed by atoms with Gasteiger partial charge in [0.15, 0.2) is 5.13 Å². The second-order valence-corrected chi connectivity index (χ2v) is 7.10. The minimum absolute atomic E-state index is 0.0466. The molecule has 0 radical (unpaired) electrons. The van der Waals surface area contributed by atoms with Crippen LogP contribution in [0.1, 0.15) is 26.4 Å². The van der Waals surface area contributed by atoms with Crippen LogP contribution in [0.5, 0.6) is 0 Å². The molecule has 11 heteroatoms. The van der Waals surface area contributed by atoms with Crippen molar-refractivity contribution in [3.05, 3.63) is 46.5 Å². The van der Waals surface area contributed by atoms with Crippen LogP contribution in [0.4, 0.5) is 18.3 Å². The summed E-state index contributed by atoms with van der Waals surface area (Å²) in [7, 11) is 0. The largest absolute Gasteiger partial charge is 0.417 e. The Labute approximate surface area is 168 Å². The first-order valence-corrected chi connectivity index (χ1v) is 9.74. The van der Waals surface area contributed by atoms with Gasteiger partial charge < -0.3 is 10.1 Å². The van der Waals surface area contributed by atoms with Gasteiger partial charge in [-0.05, 0) is 12.1 Å². The Balaban J connectivity index is 1.56. The van der Waals surface area contributed by atoms with Crippen LogP contribution >= 0.6 is 11.3 Å². The van der Waals surface area contributed by atoms with Crippen molar-refractivity contribution in [3.8, 4) is 0 Å². The third-order valence-corrected chi connectivity index (χ3v) is 5.01. The van der Waals surface area contributed by atoms with Crippen LogP contribution in [0.15, 0.2) is 29.6 Å². The van der Waals surface area contributed by atoms with Gasteiger partial charge >= 0.3 is 6.18 Å². The van der Waals surface area contributed by atoms with E-state index in [1.165, 1.54) is 17.5 Å². The van der Waals surface area contributed by atoms with Gasteiger partial charge in [-0.2, -0.15) is 13.2 Å². The Hall–Kier alpha value is -2.50. The summed E-state index contributed by atoms with van der Waals surface area (Å²) < 4.78 is 44.4. The molecule has 0 unspecified atom stereocenters. The minimum Gasteiger partial charge on any atom is -0.379 e. The number of nitrogens with one attached hydrogen (secondary N) is 2. The molecule has 2 aromatic rings. The predicted octanol–water partition coefficient (Wildman–Crippen LogP) is 2.48. The van der Waals surface area contributed by atoms with Gasteiger partial charge in [0.1, 0.15) is 5.69 Å². The van der Waals surface area contributed by atoms with Crippen LogP contribution in [0.25, 0.3) is 0 Å². The summed E-state index contributed by atoms with van der Waals surface area (Å²) in [6.07, 6.45) is -4.65. The summed E-state index contributed by atoms with van der Waals surface area (Å²) in [4.78, 5) is 30.6. The highest BCUT2D eigenvalue weighted by Crippen LogP contribution is 2.32. The summed E-state index contributed by atoms with van der Waals surface area (Å²) in [6.45, 7) is 4.06. The zero-order valence-electron chi connectivity index (χ0n) is 15.3. The Morgan fingerprint density at radius 1 is 1.17 bits per heavy atom. The van der Waals surface area contributed by atoms with Crippen molar-refractivity contribution in [2.45, 2.75) is 6.18 Å². The average molecular weight is 428 g/mol. The number of alkyl halides is 3. The fraction of sp³-hybridized carbons (Fsp3) is 0.389. The van der Waals surface area contributed by atoms with Crippen LogP contribution in [0, 0.1) is 0 Å². The number of nitrogens with zero attached hydrogens (tertiary/aromatic N) is 2. The first kappa shape index (κ1) is 21.2. The number of morpholine rings is 1. The molecular weight excluding hydrogens is 409 g/mol. The molecule has 0 spiro atoms. The summed E-state index contributed by atoms with van der Waals surface area (Å²) in [6, 6.07) is 4.48. The van der Waals surface area contributed by atoms with Crippen LogP contribution in [0.3, 0.4) is 0 Å². The standard InChI is InChI=1S/C18H19F3N4O3S/c19-18(20,21)13-4-2-1-3-12(13)15(26)24-17-23-14(11-29-17)16(27)22-5-6-25-7-9-28-10-8-25/h1-4,11H,5-10H2,(H,22,27)(H,23,24,26). The van der Waals surface area contributed by atoms with E-state index in [2.05, 4.69) is 20.5 Å². The van der Waals surface area contributed by atoms with E-state index in [0.717, 1.165) is 36.6 Å². The van der Waals surface area contributed by atoms with Crippen LogP contribution in [-0.2, 0) is 10.9 Å². The Morgan fingerprint density at radius 3 is 2.62 bits per heavy atom. The molecule has 1 aliphatic heterocycles. The number of amides is 2. The van der Waals surface area contributed by atoms with Crippen molar-refractivity contribution < 1.29 is 27.5 Å². The van der Waals surface area contributed by atoms with E-state index >= 15 is 0 Å². The minimum atomic E-state index is -4.65. The first-order valence-electron chi connectivity index (χ1n) is 8.86. The fourth-order valence-electron chi connectivity index (χ4n) is 2.77. The molecule has 0 saturated carbocycles. The highest BCUT2D eigenvalue weighted by Gasteiger charge is 2.35. The lowest BCUT2D eigenvalue weighted by atomic mass is 10.1. The smallest absolute Gasteiger partial charge is 0.379 e. The molecular formula is C18H19F3N4O3S. The van der Waals surface area contributed by atoms with Crippen molar-refractivity contribution in [1.29, 1.82) is 0 Å². The lowest BCUT2D eigenvalue weighted by Gasteiger charge is -2.26. The van der Waals surface area contributed by atoms with E-state index in [1.807, 2.05) is 0 Å². The van der Waals surface area contributed by atoms with Crippen molar-refractivity contribution >= 4 is 28.3 Å². The van der Waals surface area contributed by atoms with Crippen molar-refractivity contribution in [2.24, 2.45) is 0 Å². The Kier molecular flexibility index (Phi) is 6.83. The quantitative estimate of drug-likeness (QED) is 0.739. The first-order chi connectivity index (χ1) is 13.8. The summed E-state index contributed by atoms with van der Waals surface area (Å²) >= 11 is 0.964. The molecule has 29 heavy (non-hydrogen) atoms. The molecule has 1 aliphatic rings. The highest BCUT2D eigenvalue weighted by molar-refractivity contribution is 7.14. The number of thiazole rings is 1. The van der Waals surface area contributed by atoms with Gasteiger partial charge in [0, 0.05) is 31.6 Å². The van der Waals surface area contributed by atoms with E-state index in [4.69, 9.17) is 4.74 Å². The maximum Gasteiger partial charge on any atom is 0.417 e. The molecule has 1 fully saturated rings. The monoisotopic (exact) mass is 428 g/mol. The Morgan fingerprint density at radius 2 is 1.90 bits per heavy atom. The molecule has 0 bridgehead atoms. The molecule has 0 atom stereocenters. The third-order valence-electron chi connectivity index (χ3n) is 4.25. The lowest BCUT2D eigenvalue weighted by molar-refractivity contribution is -0.137.